The summed E-state index contributed by atoms with van der Waals surface area (Å²) in [7, 11) is 0. The maximum absolute atomic E-state index is 6.46. The van der Waals surface area contributed by atoms with E-state index in [1.807, 2.05) is 0 Å². The highest BCUT2D eigenvalue weighted by atomic mass is 16.5. The van der Waals surface area contributed by atoms with Crippen LogP contribution < -0.4 is 5.73 Å². The van der Waals surface area contributed by atoms with Crippen LogP contribution in [-0.2, 0) is 5.54 Å². The molecule has 0 spiro atoms. The van der Waals surface area contributed by atoms with E-state index in [4.69, 9.17) is 10.3 Å². The maximum atomic E-state index is 6.46. The number of hydrogen-bond acceptors (Lipinski definition) is 4. The fourth-order valence-electron chi connectivity index (χ4n) is 2.83. The average Bonchev–Trinajstić information content (AvgIpc) is 3.08. The predicted molar refractivity (Wildman–Crippen MR) is 64.4 cm³/mol. The minimum Gasteiger partial charge on any atom is -0.339 e. The van der Waals surface area contributed by atoms with Crippen molar-refractivity contribution in [2.75, 3.05) is 0 Å². The fraction of sp³-hybridized carbons (Fsp3) is 0.846. The first-order valence-corrected chi connectivity index (χ1v) is 6.81. The Labute approximate surface area is 102 Å². The van der Waals surface area contributed by atoms with Gasteiger partial charge in [-0.15, -0.1) is 0 Å². The molecule has 17 heavy (non-hydrogen) atoms. The Hall–Kier alpha value is -0.900. The summed E-state index contributed by atoms with van der Waals surface area (Å²) in [6.07, 6.45) is 8.67. The molecule has 3 rings (SSSR count). The molecule has 0 bridgehead atoms. The summed E-state index contributed by atoms with van der Waals surface area (Å²) in [4.78, 5) is 4.52. The van der Waals surface area contributed by atoms with Crippen LogP contribution in [0.3, 0.4) is 0 Å². The average molecular weight is 235 g/mol. The Kier molecular flexibility index (Phi) is 2.69. The summed E-state index contributed by atoms with van der Waals surface area (Å²) in [5.74, 6) is 2.53. The van der Waals surface area contributed by atoms with Crippen LogP contribution in [0.5, 0.6) is 0 Å². The van der Waals surface area contributed by atoms with Crippen LogP contribution in [0.2, 0.25) is 0 Å². The van der Waals surface area contributed by atoms with Crippen molar-refractivity contribution >= 4 is 0 Å². The molecular weight excluding hydrogens is 214 g/mol. The van der Waals surface area contributed by atoms with Gasteiger partial charge in [-0.2, -0.15) is 4.98 Å². The van der Waals surface area contributed by atoms with Gasteiger partial charge in [0.05, 0.1) is 5.54 Å². The minimum atomic E-state index is -0.420. The number of nitrogens with zero attached hydrogens (tertiary/aromatic N) is 2. The lowest BCUT2D eigenvalue weighted by Gasteiger charge is -2.34. The van der Waals surface area contributed by atoms with Crippen LogP contribution in [0, 0.1) is 5.92 Å². The van der Waals surface area contributed by atoms with Crippen molar-refractivity contribution in [3.63, 3.8) is 0 Å². The van der Waals surface area contributed by atoms with Gasteiger partial charge in [0.2, 0.25) is 5.89 Å². The first-order valence-electron chi connectivity index (χ1n) is 6.81. The zero-order chi connectivity index (χ0) is 11.9. The zero-order valence-electron chi connectivity index (χ0n) is 10.5. The van der Waals surface area contributed by atoms with Crippen LogP contribution in [-0.4, -0.2) is 10.1 Å². The molecule has 2 saturated carbocycles. The molecular formula is C13H21N3O. The number of aromatic nitrogens is 2. The molecule has 1 heterocycles. The molecule has 1 unspecified atom stereocenters. The van der Waals surface area contributed by atoms with E-state index in [-0.39, 0.29) is 0 Å². The minimum absolute atomic E-state index is 0.420. The molecule has 0 amide bonds. The predicted octanol–water partition coefficient (Wildman–Crippen LogP) is 2.70. The Morgan fingerprint density at radius 2 is 1.88 bits per heavy atom. The summed E-state index contributed by atoms with van der Waals surface area (Å²) in [6, 6.07) is 0. The number of nitrogens with two attached hydrogens (primary N) is 1. The molecule has 2 fully saturated rings. The summed E-state index contributed by atoms with van der Waals surface area (Å²) in [5.41, 5.74) is 6.04. The van der Waals surface area contributed by atoms with E-state index < -0.39 is 5.54 Å². The van der Waals surface area contributed by atoms with Crippen molar-refractivity contribution in [3.05, 3.63) is 11.7 Å². The van der Waals surface area contributed by atoms with Crippen LogP contribution in [0.4, 0.5) is 0 Å². The summed E-state index contributed by atoms with van der Waals surface area (Å²) in [6.45, 7) is 2.06. The van der Waals surface area contributed by atoms with Gasteiger partial charge in [-0.05, 0) is 38.5 Å². The topological polar surface area (TPSA) is 64.9 Å². The molecule has 4 nitrogen and oxygen atoms in total. The third-order valence-electron chi connectivity index (χ3n) is 4.30. The third-order valence-corrected chi connectivity index (χ3v) is 4.30. The molecule has 1 aromatic rings. The van der Waals surface area contributed by atoms with Gasteiger partial charge in [-0.1, -0.05) is 24.4 Å². The second-order valence-corrected chi connectivity index (χ2v) is 5.85. The van der Waals surface area contributed by atoms with E-state index in [1.165, 1.54) is 44.9 Å². The van der Waals surface area contributed by atoms with Crippen molar-refractivity contribution in [1.29, 1.82) is 0 Å². The van der Waals surface area contributed by atoms with E-state index in [9.17, 15) is 0 Å². The molecule has 4 heteroatoms. The van der Waals surface area contributed by atoms with E-state index in [2.05, 4.69) is 17.1 Å². The van der Waals surface area contributed by atoms with Crippen molar-refractivity contribution in [1.82, 2.24) is 10.1 Å². The van der Waals surface area contributed by atoms with Crippen molar-refractivity contribution < 1.29 is 4.52 Å². The Balaban J connectivity index is 1.78. The summed E-state index contributed by atoms with van der Waals surface area (Å²) >= 11 is 0. The second kappa shape index (κ2) is 4.09. The van der Waals surface area contributed by atoms with E-state index in [0.29, 0.717) is 17.7 Å². The molecule has 0 aliphatic heterocycles. The normalized spacial score (nSPS) is 25.8. The highest BCUT2D eigenvalue weighted by Crippen LogP contribution is 2.41. The maximum Gasteiger partial charge on any atom is 0.229 e. The molecule has 1 aromatic heterocycles. The Morgan fingerprint density at radius 1 is 1.18 bits per heavy atom. The van der Waals surface area contributed by atoms with E-state index >= 15 is 0 Å². The monoisotopic (exact) mass is 235 g/mol. The van der Waals surface area contributed by atoms with Crippen LogP contribution in [0.15, 0.2) is 4.52 Å². The van der Waals surface area contributed by atoms with Crippen molar-refractivity contribution in [2.45, 2.75) is 63.3 Å². The fourth-order valence-corrected chi connectivity index (χ4v) is 2.83. The van der Waals surface area contributed by atoms with E-state index in [0.717, 1.165) is 5.89 Å². The van der Waals surface area contributed by atoms with Crippen molar-refractivity contribution in [3.8, 4) is 0 Å². The third kappa shape index (κ3) is 2.10. The number of rotatable bonds is 3. The van der Waals surface area contributed by atoms with Gasteiger partial charge in [0.25, 0.3) is 0 Å². The lowest BCUT2D eigenvalue weighted by molar-refractivity contribution is 0.209. The van der Waals surface area contributed by atoms with Gasteiger partial charge in [0.1, 0.15) is 0 Å². The number of hydrogen-bond donors (Lipinski definition) is 1. The lowest BCUT2D eigenvalue weighted by atomic mass is 9.76. The molecule has 1 atom stereocenters. The SMILES string of the molecule is CC(N)(c1noc(C2CC2)n1)C1CCCCC1. The smallest absolute Gasteiger partial charge is 0.229 e. The highest BCUT2D eigenvalue weighted by molar-refractivity contribution is 5.09. The van der Waals surface area contributed by atoms with Gasteiger partial charge in [-0.3, -0.25) is 0 Å². The Bertz CT molecular complexity index is 389. The van der Waals surface area contributed by atoms with Crippen LogP contribution >= 0.6 is 0 Å². The molecule has 2 aliphatic carbocycles. The van der Waals surface area contributed by atoms with Gasteiger partial charge >= 0.3 is 0 Å². The first-order chi connectivity index (χ1) is 8.18. The van der Waals surface area contributed by atoms with Gasteiger partial charge < -0.3 is 10.3 Å². The summed E-state index contributed by atoms with van der Waals surface area (Å²) < 4.78 is 5.32. The molecule has 2 aliphatic rings. The van der Waals surface area contributed by atoms with Gasteiger partial charge in [0.15, 0.2) is 5.82 Å². The van der Waals surface area contributed by atoms with Crippen LogP contribution in [0.25, 0.3) is 0 Å². The van der Waals surface area contributed by atoms with E-state index in [1.54, 1.807) is 0 Å². The molecule has 0 radical (unpaired) electrons. The quantitative estimate of drug-likeness (QED) is 0.874. The first kappa shape index (κ1) is 11.2. The molecule has 0 saturated heterocycles. The standard InChI is InChI=1S/C13H21N3O/c1-13(14,10-5-3-2-4-6-10)12-15-11(17-16-12)9-7-8-9/h9-10H,2-8,14H2,1H3. The van der Waals surface area contributed by atoms with Gasteiger partial charge in [0, 0.05) is 5.92 Å². The summed E-state index contributed by atoms with van der Waals surface area (Å²) in [5, 5.41) is 4.11. The highest BCUT2D eigenvalue weighted by Gasteiger charge is 2.38. The largest absolute Gasteiger partial charge is 0.339 e. The van der Waals surface area contributed by atoms with Crippen molar-refractivity contribution in [2.24, 2.45) is 11.7 Å². The second-order valence-electron chi connectivity index (χ2n) is 5.85. The van der Waals surface area contributed by atoms with Gasteiger partial charge in [-0.25, -0.2) is 0 Å². The lowest BCUT2D eigenvalue weighted by Crippen LogP contribution is -2.43. The molecule has 0 aromatic carbocycles. The van der Waals surface area contributed by atoms with Crippen LogP contribution in [0.1, 0.15) is 69.5 Å². The Morgan fingerprint density at radius 3 is 2.53 bits per heavy atom. The molecule has 2 N–H and O–H groups in total. The molecule has 94 valence electrons. The zero-order valence-corrected chi connectivity index (χ0v) is 10.5.